The molecule has 0 unspecified atom stereocenters. The number of hydrogen-bond acceptors (Lipinski definition) is 3. The first-order valence-corrected chi connectivity index (χ1v) is 5.53. The topological polar surface area (TPSA) is 79.5 Å². The van der Waals surface area contributed by atoms with E-state index in [2.05, 4.69) is 16.0 Å². The van der Waals surface area contributed by atoms with E-state index < -0.39 is 6.04 Å². The van der Waals surface area contributed by atoms with E-state index in [0.717, 1.165) is 6.42 Å². The van der Waals surface area contributed by atoms with Gasteiger partial charge in [-0.05, 0) is 20.3 Å². The Labute approximate surface area is 95.1 Å². The van der Waals surface area contributed by atoms with Crippen LogP contribution in [0, 0.1) is 0 Å². The summed E-state index contributed by atoms with van der Waals surface area (Å²) in [5.74, 6) is -0.150. The van der Waals surface area contributed by atoms with Gasteiger partial charge in [-0.15, -0.1) is 0 Å². The van der Waals surface area contributed by atoms with Gasteiger partial charge in [0.15, 0.2) is 0 Å². The summed E-state index contributed by atoms with van der Waals surface area (Å²) >= 11 is 0. The lowest BCUT2D eigenvalue weighted by Crippen LogP contribution is -2.43. The predicted molar refractivity (Wildman–Crippen MR) is 59.0 cm³/mol. The Morgan fingerprint density at radius 2 is 2.38 bits per heavy atom. The molecule has 16 heavy (non-hydrogen) atoms. The van der Waals surface area contributed by atoms with Gasteiger partial charge in [-0.2, -0.15) is 0 Å². The van der Waals surface area contributed by atoms with Crippen molar-refractivity contribution in [3.8, 4) is 0 Å². The minimum Gasteiger partial charge on any atom is -0.379 e. The Hall–Kier alpha value is -1.30. The summed E-state index contributed by atoms with van der Waals surface area (Å²) in [6.45, 7) is 5.49. The van der Waals surface area contributed by atoms with E-state index >= 15 is 0 Å². The SMILES string of the molecule is CC(C)OCCCNC(=O)[C@@H]1CNC(=O)N1. The number of hydrogen-bond donors (Lipinski definition) is 3. The van der Waals surface area contributed by atoms with Gasteiger partial charge in [-0.3, -0.25) is 4.79 Å². The van der Waals surface area contributed by atoms with E-state index in [1.165, 1.54) is 0 Å². The van der Waals surface area contributed by atoms with E-state index in [1.807, 2.05) is 13.8 Å². The first-order chi connectivity index (χ1) is 7.59. The molecule has 1 saturated heterocycles. The van der Waals surface area contributed by atoms with Crippen LogP contribution in [-0.2, 0) is 9.53 Å². The molecule has 6 heteroatoms. The fourth-order valence-electron chi connectivity index (χ4n) is 1.34. The normalized spacial score (nSPS) is 19.4. The Balaban J connectivity index is 2.04. The Bertz CT molecular complexity index is 256. The highest BCUT2D eigenvalue weighted by Crippen LogP contribution is 1.92. The van der Waals surface area contributed by atoms with E-state index in [9.17, 15) is 9.59 Å². The molecular weight excluding hydrogens is 210 g/mol. The molecule has 0 aromatic rings. The van der Waals surface area contributed by atoms with Crippen LogP contribution in [0.2, 0.25) is 0 Å². The molecule has 1 atom stereocenters. The largest absolute Gasteiger partial charge is 0.379 e. The summed E-state index contributed by atoms with van der Waals surface area (Å²) in [4.78, 5) is 22.3. The second-order valence-electron chi connectivity index (χ2n) is 3.97. The molecule has 1 fully saturated rings. The van der Waals surface area contributed by atoms with Crippen molar-refractivity contribution in [2.24, 2.45) is 0 Å². The van der Waals surface area contributed by atoms with Crippen LogP contribution >= 0.6 is 0 Å². The van der Waals surface area contributed by atoms with E-state index in [-0.39, 0.29) is 18.0 Å². The summed E-state index contributed by atoms with van der Waals surface area (Å²) < 4.78 is 5.33. The third kappa shape index (κ3) is 4.48. The molecule has 1 rings (SSSR count). The molecule has 92 valence electrons. The molecule has 0 aliphatic carbocycles. The number of carbonyl (C=O) groups is 2. The van der Waals surface area contributed by atoms with Crippen molar-refractivity contribution in [1.29, 1.82) is 0 Å². The van der Waals surface area contributed by atoms with Crippen LogP contribution in [0.5, 0.6) is 0 Å². The van der Waals surface area contributed by atoms with Gasteiger partial charge in [-0.1, -0.05) is 0 Å². The lowest BCUT2D eigenvalue weighted by Gasteiger charge is -2.10. The van der Waals surface area contributed by atoms with Crippen LogP contribution in [0.15, 0.2) is 0 Å². The quantitative estimate of drug-likeness (QED) is 0.542. The summed E-state index contributed by atoms with van der Waals surface area (Å²) in [5.41, 5.74) is 0. The lowest BCUT2D eigenvalue weighted by atomic mass is 10.3. The molecule has 0 saturated carbocycles. The maximum atomic E-state index is 11.5. The van der Waals surface area contributed by atoms with Crippen molar-refractivity contribution in [2.45, 2.75) is 32.4 Å². The second-order valence-corrected chi connectivity index (χ2v) is 3.97. The van der Waals surface area contributed by atoms with Crippen molar-refractivity contribution in [2.75, 3.05) is 19.7 Å². The molecular formula is C10H19N3O3. The van der Waals surface area contributed by atoms with E-state index in [0.29, 0.717) is 19.7 Å². The average Bonchev–Trinajstić information content (AvgIpc) is 2.63. The third-order valence-corrected chi connectivity index (χ3v) is 2.16. The Morgan fingerprint density at radius 3 is 2.94 bits per heavy atom. The molecule has 3 N–H and O–H groups in total. The van der Waals surface area contributed by atoms with Crippen molar-refractivity contribution in [1.82, 2.24) is 16.0 Å². The van der Waals surface area contributed by atoms with Gasteiger partial charge in [-0.25, -0.2) is 4.79 Å². The molecule has 1 aliphatic heterocycles. The highest BCUT2D eigenvalue weighted by molar-refractivity contribution is 5.90. The third-order valence-electron chi connectivity index (χ3n) is 2.16. The number of amides is 3. The summed E-state index contributed by atoms with van der Waals surface area (Å²) in [6.07, 6.45) is 0.992. The monoisotopic (exact) mass is 229 g/mol. The maximum absolute atomic E-state index is 11.5. The molecule has 3 amide bonds. The number of nitrogens with one attached hydrogen (secondary N) is 3. The fourth-order valence-corrected chi connectivity index (χ4v) is 1.34. The number of ether oxygens (including phenoxy) is 1. The minimum atomic E-state index is -0.446. The highest BCUT2D eigenvalue weighted by Gasteiger charge is 2.25. The van der Waals surface area contributed by atoms with Gasteiger partial charge < -0.3 is 20.7 Å². The average molecular weight is 229 g/mol. The van der Waals surface area contributed by atoms with Crippen LogP contribution in [-0.4, -0.2) is 43.8 Å². The molecule has 0 bridgehead atoms. The molecule has 0 radical (unpaired) electrons. The molecule has 0 aromatic heterocycles. The van der Waals surface area contributed by atoms with Crippen molar-refractivity contribution >= 4 is 11.9 Å². The van der Waals surface area contributed by atoms with Crippen LogP contribution in [0.3, 0.4) is 0 Å². The molecule has 0 aromatic carbocycles. The minimum absolute atomic E-state index is 0.150. The lowest BCUT2D eigenvalue weighted by molar-refractivity contribution is -0.122. The zero-order chi connectivity index (χ0) is 12.0. The maximum Gasteiger partial charge on any atom is 0.315 e. The standard InChI is InChI=1S/C10H19N3O3/c1-7(2)16-5-3-4-11-9(14)8-6-12-10(15)13-8/h7-8H,3-6H2,1-2H3,(H,11,14)(H2,12,13,15)/t8-/m0/s1. The summed E-state index contributed by atoms with van der Waals surface area (Å²) in [5, 5.41) is 7.80. The predicted octanol–water partition coefficient (Wildman–Crippen LogP) is -0.401. The summed E-state index contributed by atoms with van der Waals surface area (Å²) in [7, 11) is 0. The van der Waals surface area contributed by atoms with Crippen molar-refractivity contribution in [3.05, 3.63) is 0 Å². The Kier molecular flexibility index (Phi) is 5.04. The molecule has 6 nitrogen and oxygen atoms in total. The van der Waals surface area contributed by atoms with Gasteiger partial charge in [0, 0.05) is 19.7 Å². The highest BCUT2D eigenvalue weighted by atomic mass is 16.5. The van der Waals surface area contributed by atoms with Crippen LogP contribution < -0.4 is 16.0 Å². The first-order valence-electron chi connectivity index (χ1n) is 5.53. The molecule has 0 spiro atoms. The van der Waals surface area contributed by atoms with Gasteiger partial charge >= 0.3 is 6.03 Å². The zero-order valence-electron chi connectivity index (χ0n) is 9.71. The number of urea groups is 1. The molecule has 1 aliphatic rings. The van der Waals surface area contributed by atoms with Crippen LogP contribution in [0.1, 0.15) is 20.3 Å². The summed E-state index contributed by atoms with van der Waals surface area (Å²) in [6, 6.07) is -0.734. The number of carbonyl (C=O) groups excluding carboxylic acids is 2. The van der Waals surface area contributed by atoms with Gasteiger partial charge in [0.2, 0.25) is 5.91 Å². The van der Waals surface area contributed by atoms with Crippen molar-refractivity contribution in [3.63, 3.8) is 0 Å². The van der Waals surface area contributed by atoms with Gasteiger partial charge in [0.25, 0.3) is 0 Å². The Morgan fingerprint density at radius 1 is 1.62 bits per heavy atom. The van der Waals surface area contributed by atoms with Crippen molar-refractivity contribution < 1.29 is 14.3 Å². The van der Waals surface area contributed by atoms with Gasteiger partial charge in [0.05, 0.1) is 6.10 Å². The van der Waals surface area contributed by atoms with Gasteiger partial charge in [0.1, 0.15) is 6.04 Å². The van der Waals surface area contributed by atoms with E-state index in [4.69, 9.17) is 4.74 Å². The van der Waals surface area contributed by atoms with Crippen LogP contribution in [0.4, 0.5) is 4.79 Å². The van der Waals surface area contributed by atoms with E-state index in [1.54, 1.807) is 0 Å². The molecule has 1 heterocycles. The second kappa shape index (κ2) is 6.32. The zero-order valence-corrected chi connectivity index (χ0v) is 9.71. The number of rotatable bonds is 6. The first kappa shape index (κ1) is 12.8. The van der Waals surface area contributed by atoms with Crippen LogP contribution in [0.25, 0.3) is 0 Å². The fraction of sp³-hybridized carbons (Fsp3) is 0.800. The smallest absolute Gasteiger partial charge is 0.315 e.